The molecule has 0 unspecified atom stereocenters. The molecule has 0 saturated carbocycles. The topological polar surface area (TPSA) is 72.7 Å². The van der Waals surface area contributed by atoms with E-state index in [-0.39, 0.29) is 16.7 Å². The summed E-state index contributed by atoms with van der Waals surface area (Å²) >= 11 is 7.10. The summed E-state index contributed by atoms with van der Waals surface area (Å²) in [5, 5.41) is 14.9. The van der Waals surface area contributed by atoms with E-state index in [2.05, 4.69) is 20.8 Å². The van der Waals surface area contributed by atoms with Gasteiger partial charge in [-0.15, -0.1) is 5.10 Å². The summed E-state index contributed by atoms with van der Waals surface area (Å²) in [5.74, 6) is -0.674. The van der Waals surface area contributed by atoms with Crippen molar-refractivity contribution in [2.75, 3.05) is 11.1 Å². The predicted octanol–water partition coefficient (Wildman–Crippen LogP) is 3.80. The molecular weight excluding hydrogens is 377 g/mol. The first-order chi connectivity index (χ1) is 12.4. The van der Waals surface area contributed by atoms with Gasteiger partial charge in [0.05, 0.1) is 22.2 Å². The molecule has 0 aliphatic heterocycles. The van der Waals surface area contributed by atoms with E-state index in [9.17, 15) is 9.18 Å². The Hall–Kier alpha value is -2.45. The molecule has 0 saturated heterocycles. The van der Waals surface area contributed by atoms with Crippen molar-refractivity contribution in [2.45, 2.75) is 19.0 Å². The van der Waals surface area contributed by atoms with Crippen molar-refractivity contribution < 1.29 is 9.18 Å². The standard InChI is InChI=1S/C17H15ClFN5OS/c1-10-3-5-13(7-11(10)2)24-17(21-22-23-24)26-9-16(25)20-15-6-4-12(19)8-14(15)18/h3-8H,9H2,1-2H3,(H,20,25). The van der Waals surface area contributed by atoms with Crippen molar-refractivity contribution >= 4 is 35.0 Å². The molecule has 1 N–H and O–H groups in total. The molecule has 1 heterocycles. The number of carbonyl (C=O) groups excluding carboxylic acids is 1. The van der Waals surface area contributed by atoms with Crippen LogP contribution in [0.5, 0.6) is 0 Å². The molecular formula is C17H15ClFN5OS. The Morgan fingerprint density at radius 3 is 2.77 bits per heavy atom. The van der Waals surface area contributed by atoms with E-state index in [1.54, 1.807) is 4.68 Å². The van der Waals surface area contributed by atoms with Gasteiger partial charge in [-0.25, -0.2) is 4.39 Å². The number of aryl methyl sites for hydroxylation is 2. The first kappa shape index (κ1) is 18.3. The van der Waals surface area contributed by atoms with Crippen molar-refractivity contribution in [3.05, 3.63) is 58.4 Å². The number of hydrogen-bond donors (Lipinski definition) is 1. The van der Waals surface area contributed by atoms with Gasteiger partial charge in [0.1, 0.15) is 5.82 Å². The average Bonchev–Trinajstić information content (AvgIpc) is 3.06. The lowest BCUT2D eigenvalue weighted by Crippen LogP contribution is -2.15. The molecule has 3 aromatic rings. The summed E-state index contributed by atoms with van der Waals surface area (Å²) < 4.78 is 14.6. The lowest BCUT2D eigenvalue weighted by atomic mass is 10.1. The molecule has 26 heavy (non-hydrogen) atoms. The highest BCUT2D eigenvalue weighted by molar-refractivity contribution is 7.99. The monoisotopic (exact) mass is 391 g/mol. The maximum Gasteiger partial charge on any atom is 0.234 e. The van der Waals surface area contributed by atoms with Crippen LogP contribution in [0, 0.1) is 19.7 Å². The van der Waals surface area contributed by atoms with E-state index in [1.165, 1.54) is 29.5 Å². The number of carbonyl (C=O) groups is 1. The second kappa shape index (κ2) is 7.84. The van der Waals surface area contributed by atoms with Gasteiger partial charge in [0.15, 0.2) is 0 Å². The lowest BCUT2D eigenvalue weighted by Gasteiger charge is -2.08. The van der Waals surface area contributed by atoms with Crippen molar-refractivity contribution in [1.29, 1.82) is 0 Å². The van der Waals surface area contributed by atoms with Crippen molar-refractivity contribution in [3.8, 4) is 5.69 Å². The summed E-state index contributed by atoms with van der Waals surface area (Å²) in [7, 11) is 0. The Kier molecular flexibility index (Phi) is 5.53. The van der Waals surface area contributed by atoms with E-state index in [0.717, 1.165) is 17.3 Å². The SMILES string of the molecule is Cc1ccc(-n2nnnc2SCC(=O)Nc2ccc(F)cc2Cl)cc1C. The van der Waals surface area contributed by atoms with E-state index < -0.39 is 5.82 Å². The molecule has 134 valence electrons. The Morgan fingerprint density at radius 1 is 1.23 bits per heavy atom. The second-order valence-electron chi connectivity index (χ2n) is 5.60. The summed E-state index contributed by atoms with van der Waals surface area (Å²) in [4.78, 5) is 12.1. The molecule has 0 spiro atoms. The molecule has 0 aliphatic carbocycles. The fourth-order valence-corrected chi connectivity index (χ4v) is 3.10. The highest BCUT2D eigenvalue weighted by Crippen LogP contribution is 2.24. The highest BCUT2D eigenvalue weighted by atomic mass is 35.5. The van der Waals surface area contributed by atoms with Crippen LogP contribution in [0.2, 0.25) is 5.02 Å². The molecule has 9 heteroatoms. The first-order valence-electron chi connectivity index (χ1n) is 7.68. The van der Waals surface area contributed by atoms with Gasteiger partial charge in [-0.3, -0.25) is 4.79 Å². The number of nitrogens with one attached hydrogen (secondary N) is 1. The van der Waals surface area contributed by atoms with Crippen LogP contribution in [0.3, 0.4) is 0 Å². The zero-order valence-electron chi connectivity index (χ0n) is 14.0. The Balaban J connectivity index is 1.68. The van der Waals surface area contributed by atoms with Gasteiger partial charge in [0.2, 0.25) is 11.1 Å². The van der Waals surface area contributed by atoms with Gasteiger partial charge in [-0.05, 0) is 65.7 Å². The van der Waals surface area contributed by atoms with Crippen LogP contribution in [-0.4, -0.2) is 31.9 Å². The number of halogens is 2. The van der Waals surface area contributed by atoms with Crippen LogP contribution >= 0.6 is 23.4 Å². The van der Waals surface area contributed by atoms with Crippen molar-refractivity contribution in [3.63, 3.8) is 0 Å². The molecule has 1 aromatic heterocycles. The number of benzene rings is 2. The fourth-order valence-electron chi connectivity index (χ4n) is 2.20. The van der Waals surface area contributed by atoms with Gasteiger partial charge in [-0.1, -0.05) is 29.4 Å². The van der Waals surface area contributed by atoms with E-state index in [0.29, 0.717) is 10.8 Å². The average molecular weight is 392 g/mol. The number of hydrogen-bond acceptors (Lipinski definition) is 5. The zero-order valence-corrected chi connectivity index (χ0v) is 15.6. The molecule has 1 amide bonds. The number of rotatable bonds is 5. The van der Waals surface area contributed by atoms with Gasteiger partial charge >= 0.3 is 0 Å². The van der Waals surface area contributed by atoms with Gasteiger partial charge in [0.25, 0.3) is 0 Å². The molecule has 0 aliphatic rings. The minimum atomic E-state index is -0.463. The molecule has 0 bridgehead atoms. The lowest BCUT2D eigenvalue weighted by molar-refractivity contribution is -0.113. The maximum absolute atomic E-state index is 13.1. The number of aromatic nitrogens is 4. The van der Waals surface area contributed by atoms with Crippen LogP contribution in [0.4, 0.5) is 10.1 Å². The zero-order chi connectivity index (χ0) is 18.7. The van der Waals surface area contributed by atoms with Crippen molar-refractivity contribution in [1.82, 2.24) is 20.2 Å². The molecule has 0 radical (unpaired) electrons. The summed E-state index contributed by atoms with van der Waals surface area (Å²) in [5.41, 5.74) is 3.47. The third kappa shape index (κ3) is 4.20. The molecule has 2 aromatic carbocycles. The predicted molar refractivity (Wildman–Crippen MR) is 99.4 cm³/mol. The molecule has 6 nitrogen and oxygen atoms in total. The number of thioether (sulfide) groups is 1. The minimum absolute atomic E-state index is 0.0823. The molecule has 0 atom stereocenters. The third-order valence-corrected chi connectivity index (χ3v) is 4.95. The van der Waals surface area contributed by atoms with Crippen LogP contribution in [0.15, 0.2) is 41.6 Å². The molecule has 0 fully saturated rings. The van der Waals surface area contributed by atoms with Gasteiger partial charge in [0, 0.05) is 0 Å². The summed E-state index contributed by atoms with van der Waals surface area (Å²) in [6.45, 7) is 4.04. The number of anilines is 1. The van der Waals surface area contributed by atoms with E-state index in [1.807, 2.05) is 32.0 Å². The largest absolute Gasteiger partial charge is 0.324 e. The van der Waals surface area contributed by atoms with Gasteiger partial charge in [-0.2, -0.15) is 4.68 Å². The minimum Gasteiger partial charge on any atom is -0.324 e. The second-order valence-corrected chi connectivity index (χ2v) is 6.95. The van der Waals surface area contributed by atoms with E-state index in [4.69, 9.17) is 11.6 Å². The number of nitrogens with zero attached hydrogens (tertiary/aromatic N) is 4. The first-order valence-corrected chi connectivity index (χ1v) is 9.04. The number of tetrazole rings is 1. The van der Waals surface area contributed by atoms with Crippen LogP contribution in [0.25, 0.3) is 5.69 Å². The highest BCUT2D eigenvalue weighted by Gasteiger charge is 2.13. The fraction of sp³-hybridized carbons (Fsp3) is 0.176. The maximum atomic E-state index is 13.1. The van der Waals surface area contributed by atoms with Gasteiger partial charge < -0.3 is 5.32 Å². The summed E-state index contributed by atoms with van der Waals surface area (Å²) in [6, 6.07) is 9.68. The number of amides is 1. The normalized spacial score (nSPS) is 10.8. The van der Waals surface area contributed by atoms with Crippen molar-refractivity contribution in [2.24, 2.45) is 0 Å². The van der Waals surface area contributed by atoms with Crippen LogP contribution in [-0.2, 0) is 4.79 Å². The third-order valence-electron chi connectivity index (χ3n) is 3.71. The Morgan fingerprint density at radius 2 is 2.04 bits per heavy atom. The van der Waals surface area contributed by atoms with Crippen LogP contribution < -0.4 is 5.32 Å². The molecule has 3 rings (SSSR count). The Bertz CT molecular complexity index is 962. The van der Waals surface area contributed by atoms with E-state index >= 15 is 0 Å². The van der Waals surface area contributed by atoms with Crippen LogP contribution in [0.1, 0.15) is 11.1 Å². The quantitative estimate of drug-likeness (QED) is 0.669. The Labute approximate surface area is 158 Å². The summed E-state index contributed by atoms with van der Waals surface area (Å²) in [6.07, 6.45) is 0. The smallest absolute Gasteiger partial charge is 0.234 e.